The maximum atomic E-state index is 2.39. The van der Waals surface area contributed by atoms with Crippen molar-refractivity contribution in [2.24, 2.45) is 0 Å². The molecule has 1 aliphatic heterocycles. The zero-order chi connectivity index (χ0) is 5.11. The average Bonchev–Trinajstić information content (AvgIpc) is 1.69. The second-order valence-electron chi connectivity index (χ2n) is 2.05. The van der Waals surface area contributed by atoms with Gasteiger partial charge in [0.1, 0.15) is 0 Å². The summed E-state index contributed by atoms with van der Waals surface area (Å²) in [5.74, 6) is 0. The van der Waals surface area contributed by atoms with E-state index in [0.717, 1.165) is 0 Å². The molecule has 1 rings (SSSR count). The van der Waals surface area contributed by atoms with E-state index in [1.54, 1.807) is 0 Å². The van der Waals surface area contributed by atoms with Crippen LogP contribution in [-0.4, -0.2) is 16.5 Å². The number of hydrogen-bond acceptors (Lipinski definition) is 1. The predicted molar refractivity (Wildman–Crippen MR) is 25.4 cm³/mol. The molecule has 0 unspecified atom stereocenters. The molecule has 1 nitrogen and oxygen atoms in total. The fourth-order valence-corrected chi connectivity index (χ4v) is 1.39. The van der Waals surface area contributed by atoms with Crippen molar-refractivity contribution in [2.75, 3.05) is 13.1 Å². The van der Waals surface area contributed by atoms with E-state index in [-0.39, 0.29) is 24.8 Å². The Kier molecular flexibility index (Phi) is 10.5. The van der Waals surface area contributed by atoms with Crippen molar-refractivity contribution in [2.45, 2.75) is 19.3 Å². The molecule has 0 spiro atoms. The van der Waals surface area contributed by atoms with E-state index in [1.807, 2.05) is 0 Å². The van der Waals surface area contributed by atoms with Gasteiger partial charge in [0.15, 0.2) is 0 Å². The summed E-state index contributed by atoms with van der Waals surface area (Å²) in [4.78, 5) is 0. The van der Waals surface area contributed by atoms with Crippen molar-refractivity contribution in [3.8, 4) is 0 Å². The zero-order valence-electron chi connectivity index (χ0n) is 5.24. The molecule has 0 atom stereocenters. The van der Waals surface area contributed by atoms with Gasteiger partial charge in [0.2, 0.25) is 0 Å². The van der Waals surface area contributed by atoms with Gasteiger partial charge in [-0.3, -0.25) is 0 Å². The van der Waals surface area contributed by atoms with Gasteiger partial charge in [-0.1, -0.05) is 0 Å². The number of hydrogen-bond donors (Lipinski definition) is 0. The van der Waals surface area contributed by atoms with Crippen LogP contribution in [0, 0.1) is 0 Å². The number of nitrogens with zero attached hydrogens (tertiary/aromatic N) is 1. The summed E-state index contributed by atoms with van der Waals surface area (Å²) in [6, 6.07) is 0. The van der Waals surface area contributed by atoms with Crippen LogP contribution in [0.15, 0.2) is 0 Å². The molecular weight excluding hydrogens is 193 g/mol. The van der Waals surface area contributed by atoms with E-state index < -0.39 is 0 Å². The Morgan fingerprint density at radius 3 is 1.56 bits per heavy atom. The molecule has 0 aromatic rings. The number of rotatable bonds is 0. The Bertz CT molecular complexity index is 56.9. The quantitative estimate of drug-likeness (QED) is 0.356. The van der Waals surface area contributed by atoms with Crippen molar-refractivity contribution in [3.05, 3.63) is 0 Å². The molecule has 1 saturated heterocycles. The predicted octanol–water partition coefficient (Wildman–Crippen LogP) is -5.06. The first-order valence-corrected chi connectivity index (χ1v) is 3.55. The third-order valence-corrected chi connectivity index (χ3v) is 2.05. The van der Waals surface area contributed by atoms with E-state index >= 15 is 0 Å². The van der Waals surface area contributed by atoms with Gasteiger partial charge in [0.25, 0.3) is 0 Å². The van der Waals surface area contributed by atoms with E-state index in [1.165, 1.54) is 32.4 Å². The molecule has 4 heteroatoms. The van der Waals surface area contributed by atoms with E-state index in [4.69, 9.17) is 0 Å². The fourth-order valence-electron chi connectivity index (χ4n) is 0.894. The molecule has 53 valence electrons. The van der Waals surface area contributed by atoms with Gasteiger partial charge >= 0.3 is 56.4 Å². The van der Waals surface area contributed by atoms with Crippen LogP contribution in [0.4, 0.5) is 0 Å². The first kappa shape index (κ1) is 12.9. The third-order valence-electron chi connectivity index (χ3n) is 1.36. The number of piperidine rings is 1. The van der Waals surface area contributed by atoms with Gasteiger partial charge < -0.3 is 24.8 Å². The zero-order valence-corrected chi connectivity index (χ0v) is 8.31. The average molecular weight is 203 g/mol. The standard InChI is InChI=1S/C5H10N.2ClH.Ti/c1-2-4-6-5-3-1;;;/h1-5H2;2*1H;/q-1;;;+3/p-2. The fraction of sp³-hybridized carbons (Fsp3) is 1.00. The minimum atomic E-state index is 0. The van der Waals surface area contributed by atoms with Gasteiger partial charge in [-0.05, 0) is 0 Å². The minimum absolute atomic E-state index is 0. The SMILES string of the molecule is [Cl-].[Cl-].[Ti+2][N]1CCCCC1. The van der Waals surface area contributed by atoms with Crippen LogP contribution in [-0.2, 0) is 20.7 Å². The number of halogens is 2. The molecule has 0 N–H and O–H groups in total. The summed E-state index contributed by atoms with van der Waals surface area (Å²) in [6.45, 7) is 2.64. The van der Waals surface area contributed by atoms with Gasteiger partial charge in [-0.25, -0.2) is 0 Å². The van der Waals surface area contributed by atoms with E-state index in [2.05, 4.69) is 24.1 Å². The van der Waals surface area contributed by atoms with Crippen molar-refractivity contribution >= 4 is 0 Å². The Labute approximate surface area is 81.1 Å². The second-order valence-corrected chi connectivity index (χ2v) is 3.04. The van der Waals surface area contributed by atoms with Crippen LogP contribution in [0.1, 0.15) is 19.3 Å². The maximum absolute atomic E-state index is 2.39. The van der Waals surface area contributed by atoms with Crippen LogP contribution in [0.25, 0.3) is 0 Å². The third kappa shape index (κ3) is 5.69. The van der Waals surface area contributed by atoms with Gasteiger partial charge in [0, 0.05) is 0 Å². The van der Waals surface area contributed by atoms with Gasteiger partial charge in [-0.2, -0.15) is 0 Å². The van der Waals surface area contributed by atoms with Gasteiger partial charge in [-0.15, -0.1) is 0 Å². The Morgan fingerprint density at radius 2 is 1.33 bits per heavy atom. The second kappa shape index (κ2) is 7.36. The van der Waals surface area contributed by atoms with Gasteiger partial charge in [0.05, 0.1) is 0 Å². The van der Waals surface area contributed by atoms with Crippen molar-refractivity contribution < 1.29 is 45.5 Å². The molecular formula is C5H10Cl2NTi. The summed E-state index contributed by atoms with van der Waals surface area (Å²) in [5.41, 5.74) is 0. The topological polar surface area (TPSA) is 3.24 Å². The molecule has 0 saturated carbocycles. The first-order chi connectivity index (χ1) is 3.39. The van der Waals surface area contributed by atoms with Crippen molar-refractivity contribution in [3.63, 3.8) is 0 Å². The van der Waals surface area contributed by atoms with Crippen LogP contribution in [0.5, 0.6) is 0 Å². The van der Waals surface area contributed by atoms with Crippen molar-refractivity contribution in [1.82, 2.24) is 3.38 Å². The molecule has 0 aromatic carbocycles. The van der Waals surface area contributed by atoms with Crippen LogP contribution in [0.3, 0.4) is 0 Å². The van der Waals surface area contributed by atoms with E-state index in [0.29, 0.717) is 0 Å². The Morgan fingerprint density at radius 1 is 0.889 bits per heavy atom. The molecule has 0 radical (unpaired) electrons. The van der Waals surface area contributed by atoms with Crippen LogP contribution >= 0.6 is 0 Å². The normalized spacial score (nSPS) is 19.8. The molecule has 1 fully saturated rings. The molecule has 0 bridgehead atoms. The molecule has 1 aliphatic rings. The molecule has 0 amide bonds. The first-order valence-electron chi connectivity index (χ1n) is 2.86. The summed E-state index contributed by atoms with van der Waals surface area (Å²) < 4.78 is 2.39. The Balaban J connectivity index is 0. The van der Waals surface area contributed by atoms with Crippen LogP contribution in [0.2, 0.25) is 0 Å². The summed E-state index contributed by atoms with van der Waals surface area (Å²) in [5, 5.41) is 0. The summed E-state index contributed by atoms with van der Waals surface area (Å²) in [6.07, 6.45) is 4.28. The summed E-state index contributed by atoms with van der Waals surface area (Å²) in [7, 11) is 0. The van der Waals surface area contributed by atoms with Crippen molar-refractivity contribution in [1.29, 1.82) is 0 Å². The van der Waals surface area contributed by atoms with Crippen LogP contribution < -0.4 is 24.8 Å². The summed E-state index contributed by atoms with van der Waals surface area (Å²) >= 11 is 2.19. The molecule has 9 heavy (non-hydrogen) atoms. The molecule has 0 aliphatic carbocycles. The molecule has 0 aromatic heterocycles. The molecule has 1 heterocycles. The Hall–Kier alpha value is 1.25. The monoisotopic (exact) mass is 202 g/mol. The van der Waals surface area contributed by atoms with E-state index in [9.17, 15) is 0 Å².